The van der Waals surface area contributed by atoms with Crippen LogP contribution in [-0.4, -0.2) is 78.2 Å². The summed E-state index contributed by atoms with van der Waals surface area (Å²) in [7, 11) is -4.04. The van der Waals surface area contributed by atoms with Crippen LogP contribution in [0.5, 0.6) is 0 Å². The molecule has 3 aromatic rings. The zero-order chi connectivity index (χ0) is 46.7. The number of piperidine rings is 1. The minimum atomic E-state index is -4.04. The van der Waals surface area contributed by atoms with Crippen LogP contribution >= 0.6 is 23.2 Å². The van der Waals surface area contributed by atoms with Crippen LogP contribution in [-0.2, 0) is 46.0 Å². The molecule has 2 saturated carbocycles. The van der Waals surface area contributed by atoms with E-state index >= 15 is 4.39 Å². The Morgan fingerprint density at radius 3 is 2.41 bits per heavy atom. The number of carbonyl (C=O) groups is 6. The van der Waals surface area contributed by atoms with Crippen LogP contribution in [0.15, 0.2) is 60.2 Å². The van der Waals surface area contributed by atoms with Gasteiger partial charge in [0.25, 0.3) is 5.91 Å². The van der Waals surface area contributed by atoms with E-state index in [1.54, 1.807) is 55.5 Å². The Balaban J connectivity index is 0.844. The van der Waals surface area contributed by atoms with Gasteiger partial charge in [-0.2, -0.15) is 0 Å². The van der Waals surface area contributed by atoms with Gasteiger partial charge in [0.2, 0.25) is 39.6 Å². The van der Waals surface area contributed by atoms with Crippen LogP contribution in [0.4, 0.5) is 10.1 Å². The van der Waals surface area contributed by atoms with Crippen LogP contribution in [0.1, 0.15) is 123 Å². The number of fused-ring (bicyclic) bond motifs is 4. The topological polar surface area (TPSA) is 200 Å². The lowest BCUT2D eigenvalue weighted by Crippen LogP contribution is -2.60. The van der Waals surface area contributed by atoms with Gasteiger partial charge >= 0.3 is 0 Å². The fraction of sp³-hybridized carbons (Fsp3) is 0.458. The SMILES string of the molecule is C/C(=C\c1cccc2c1CN(C1CCC(=O)NC1=O)C2=O)CCS(=O)(=O)NC(=O)C1CCC(NC(=O)[C@@H]2NC3(CCCCC3)[C@@]3(C(=O)Nc4cc(Cl)ccc43)[C@H]2c2cccc(Cl)c2F)CC1. The highest BCUT2D eigenvalue weighted by Gasteiger charge is 2.72. The van der Waals surface area contributed by atoms with Gasteiger partial charge in [-0.25, -0.2) is 12.8 Å². The van der Waals surface area contributed by atoms with Crippen molar-refractivity contribution in [2.24, 2.45) is 5.92 Å². The third-order valence-electron chi connectivity index (χ3n) is 14.8. The summed E-state index contributed by atoms with van der Waals surface area (Å²) in [4.78, 5) is 81.7. The standard InChI is InChI=1S/C48H51Cl2FN6O8S/c1-26(23-28-7-5-8-31-33(28)25-57(45(31)62)37-17-18-38(58)54-43(37)60)19-22-66(64,65)56-42(59)27-11-14-30(15-12-27)52-44(61)41-39(32-9-6-10-35(50)40(32)51)48(47(55-41)20-3-2-4-21-47)34-16-13-29(49)24-36(34)53-46(48)63/h5-10,13,16,23-24,27,30,37,39,41,55H,2-4,11-12,14-15,17-22,25H2,1H3,(H,52,61)(H,53,63)(H,56,59)(H,54,58,60)/b26-23+/t27?,30?,37?,39-,41+,48+/m0/s1. The van der Waals surface area contributed by atoms with Gasteiger partial charge in [-0.1, -0.05) is 84.4 Å². The fourth-order valence-corrected chi connectivity index (χ4v) is 13.2. The maximum absolute atomic E-state index is 16.3. The predicted octanol–water partition coefficient (Wildman–Crippen LogP) is 6.16. The molecule has 0 aromatic heterocycles. The second-order valence-electron chi connectivity index (χ2n) is 18.7. The number of nitrogens with one attached hydrogen (secondary N) is 5. The van der Waals surface area contributed by atoms with E-state index in [1.165, 1.54) is 11.0 Å². The molecule has 0 radical (unpaired) electrons. The van der Waals surface area contributed by atoms with E-state index in [0.29, 0.717) is 77.1 Å². The van der Waals surface area contributed by atoms with E-state index in [0.717, 1.165) is 19.3 Å². The lowest BCUT2D eigenvalue weighted by atomic mass is 9.55. The molecule has 6 aliphatic rings. The number of anilines is 1. The molecule has 3 aromatic carbocycles. The average Bonchev–Trinajstić information content (AvgIpc) is 3.88. The van der Waals surface area contributed by atoms with Gasteiger partial charge in [-0.15, -0.1) is 0 Å². The third-order valence-corrected chi connectivity index (χ3v) is 16.6. The van der Waals surface area contributed by atoms with Gasteiger partial charge < -0.3 is 15.5 Å². The normalized spacial score (nSPS) is 27.1. The van der Waals surface area contributed by atoms with E-state index in [9.17, 15) is 37.2 Å². The van der Waals surface area contributed by atoms with Crippen LogP contribution < -0.4 is 26.0 Å². The summed E-state index contributed by atoms with van der Waals surface area (Å²) in [5.41, 5.74) is 1.61. The van der Waals surface area contributed by atoms with Crippen molar-refractivity contribution in [2.45, 2.75) is 126 Å². The quantitative estimate of drug-likeness (QED) is 0.148. The van der Waals surface area contributed by atoms with E-state index in [4.69, 9.17) is 23.2 Å². The van der Waals surface area contributed by atoms with Crippen molar-refractivity contribution < 1.29 is 41.6 Å². The molecule has 2 aliphatic carbocycles. The van der Waals surface area contributed by atoms with Crippen LogP contribution in [0.2, 0.25) is 10.0 Å². The molecular weight excluding hydrogens is 911 g/mol. The van der Waals surface area contributed by atoms with Gasteiger partial charge in [-0.05, 0) is 105 Å². The second kappa shape index (κ2) is 17.8. The number of halogens is 3. The van der Waals surface area contributed by atoms with Gasteiger partial charge in [0.1, 0.15) is 17.3 Å². The molecule has 9 rings (SSSR count). The summed E-state index contributed by atoms with van der Waals surface area (Å²) >= 11 is 12.8. The Bertz CT molecular complexity index is 2700. The highest BCUT2D eigenvalue weighted by atomic mass is 35.5. The highest BCUT2D eigenvalue weighted by Crippen LogP contribution is 2.63. The summed E-state index contributed by atoms with van der Waals surface area (Å²) in [5, 5.41) is 12.4. The van der Waals surface area contributed by atoms with Crippen molar-refractivity contribution in [3.8, 4) is 0 Å². The zero-order valence-corrected chi connectivity index (χ0v) is 38.6. The number of carbonyl (C=O) groups excluding carboxylic acids is 6. The smallest absolute Gasteiger partial charge is 0.255 e. The number of nitrogens with zero attached hydrogens (tertiary/aromatic N) is 1. The van der Waals surface area contributed by atoms with Crippen molar-refractivity contribution in [2.75, 3.05) is 11.1 Å². The molecule has 1 unspecified atom stereocenters. The first-order valence-electron chi connectivity index (χ1n) is 22.6. The van der Waals surface area contributed by atoms with Crippen molar-refractivity contribution in [1.82, 2.24) is 25.6 Å². The van der Waals surface area contributed by atoms with E-state index in [-0.39, 0.29) is 65.9 Å². The maximum atomic E-state index is 16.3. The Labute approximate surface area is 392 Å². The molecular formula is C48H51Cl2FN6O8S. The molecule has 4 heterocycles. The Morgan fingerprint density at radius 1 is 0.924 bits per heavy atom. The molecule has 4 atom stereocenters. The molecule has 2 saturated heterocycles. The molecule has 18 heteroatoms. The molecule has 0 bridgehead atoms. The van der Waals surface area contributed by atoms with Gasteiger partial charge in [-0.3, -0.25) is 44.1 Å². The molecule has 348 valence electrons. The Hall–Kier alpha value is -5.16. The summed E-state index contributed by atoms with van der Waals surface area (Å²) in [6, 6.07) is 12.9. The minimum absolute atomic E-state index is 0.106. The second-order valence-corrected chi connectivity index (χ2v) is 21.4. The van der Waals surface area contributed by atoms with E-state index in [1.807, 2.05) is 6.07 Å². The summed E-state index contributed by atoms with van der Waals surface area (Å²) in [6.45, 7) is 1.94. The monoisotopic (exact) mass is 960 g/mol. The molecule has 14 nitrogen and oxygen atoms in total. The molecule has 4 aliphatic heterocycles. The largest absolute Gasteiger partial charge is 0.352 e. The molecule has 6 amide bonds. The average molecular weight is 962 g/mol. The number of sulfonamides is 1. The lowest BCUT2D eigenvalue weighted by molar-refractivity contribution is -0.137. The summed E-state index contributed by atoms with van der Waals surface area (Å²) in [5.74, 6) is -5.20. The van der Waals surface area contributed by atoms with Gasteiger partial charge in [0.05, 0.1) is 16.8 Å². The van der Waals surface area contributed by atoms with Crippen LogP contribution in [0.3, 0.4) is 0 Å². The minimum Gasteiger partial charge on any atom is -0.352 e. The lowest BCUT2D eigenvalue weighted by Gasteiger charge is -2.47. The first kappa shape index (κ1) is 46.0. The molecule has 2 spiro atoms. The van der Waals surface area contributed by atoms with Crippen molar-refractivity contribution >= 4 is 80.4 Å². The van der Waals surface area contributed by atoms with Crippen molar-refractivity contribution in [3.05, 3.63) is 104 Å². The summed E-state index contributed by atoms with van der Waals surface area (Å²) < 4.78 is 45.0. The number of benzene rings is 3. The van der Waals surface area contributed by atoms with Crippen LogP contribution in [0, 0.1) is 11.7 Å². The fourth-order valence-electron chi connectivity index (χ4n) is 11.7. The Morgan fingerprint density at radius 2 is 1.67 bits per heavy atom. The van der Waals surface area contributed by atoms with Gasteiger partial charge in [0.15, 0.2) is 0 Å². The zero-order valence-electron chi connectivity index (χ0n) is 36.3. The molecule has 5 N–H and O–H groups in total. The first-order chi connectivity index (χ1) is 31.5. The van der Waals surface area contributed by atoms with Crippen molar-refractivity contribution in [1.29, 1.82) is 0 Å². The number of rotatable bonds is 10. The maximum Gasteiger partial charge on any atom is 0.255 e. The van der Waals surface area contributed by atoms with Crippen LogP contribution in [0.25, 0.3) is 6.08 Å². The van der Waals surface area contributed by atoms with Crippen molar-refractivity contribution in [3.63, 3.8) is 0 Å². The van der Waals surface area contributed by atoms with Gasteiger partial charge in [0, 0.05) is 52.7 Å². The number of hydrogen-bond donors (Lipinski definition) is 5. The molecule has 66 heavy (non-hydrogen) atoms. The molecule has 4 fully saturated rings. The predicted molar refractivity (Wildman–Crippen MR) is 245 cm³/mol. The highest BCUT2D eigenvalue weighted by molar-refractivity contribution is 7.90. The number of imide groups is 1. The number of hydrogen-bond acceptors (Lipinski definition) is 9. The van der Waals surface area contributed by atoms with E-state index in [2.05, 4.69) is 26.0 Å². The third kappa shape index (κ3) is 8.11. The number of allylic oxidation sites excluding steroid dienone is 1. The summed E-state index contributed by atoms with van der Waals surface area (Å²) in [6.07, 6.45) is 7.39. The Kier molecular flexibility index (Phi) is 12.4. The van der Waals surface area contributed by atoms with E-state index < -0.39 is 68.4 Å². The first-order valence-corrected chi connectivity index (χ1v) is 25.0. The number of amides is 6.